The normalized spacial score (nSPS) is 17.8. The van der Waals surface area contributed by atoms with Crippen molar-refractivity contribution in [3.8, 4) is 11.1 Å². The number of carbonyl (C=O) groups is 4. The van der Waals surface area contributed by atoms with Gasteiger partial charge in [-0.1, -0.05) is 30.3 Å². The molecule has 1 atom stereocenters. The van der Waals surface area contributed by atoms with Crippen LogP contribution in [0, 0.1) is 24.7 Å². The van der Waals surface area contributed by atoms with Gasteiger partial charge in [-0.05, 0) is 89.8 Å². The van der Waals surface area contributed by atoms with Crippen LogP contribution >= 0.6 is 0 Å². The molecule has 41 heavy (non-hydrogen) atoms. The number of ether oxygens (including phenoxy) is 2. The number of ketones is 1. The molecule has 2 N–H and O–H groups in total. The summed E-state index contributed by atoms with van der Waals surface area (Å²) in [6.07, 6.45) is 2.83. The number of amides is 1. The third-order valence-corrected chi connectivity index (χ3v) is 7.35. The van der Waals surface area contributed by atoms with Gasteiger partial charge in [0.2, 0.25) is 0 Å². The molecule has 2 aromatic rings. The highest BCUT2D eigenvalue weighted by Crippen LogP contribution is 2.31. The van der Waals surface area contributed by atoms with E-state index in [4.69, 9.17) is 9.47 Å². The van der Waals surface area contributed by atoms with Crippen LogP contribution in [0.25, 0.3) is 11.1 Å². The Balaban J connectivity index is 1.53. The summed E-state index contributed by atoms with van der Waals surface area (Å²) >= 11 is 0. The van der Waals surface area contributed by atoms with E-state index in [9.17, 15) is 24.3 Å². The van der Waals surface area contributed by atoms with Gasteiger partial charge in [0, 0.05) is 30.1 Å². The first-order valence-corrected chi connectivity index (χ1v) is 14.3. The van der Waals surface area contributed by atoms with Crippen LogP contribution in [0.3, 0.4) is 0 Å². The maximum atomic E-state index is 13.0. The van der Waals surface area contributed by atoms with E-state index < -0.39 is 29.6 Å². The van der Waals surface area contributed by atoms with E-state index in [0.717, 1.165) is 29.5 Å². The second-order valence-corrected chi connectivity index (χ2v) is 11.8. The number of pyridine rings is 1. The molecule has 222 valence electrons. The third-order valence-electron chi connectivity index (χ3n) is 7.35. The fraction of sp³-hybridized carbons (Fsp3) is 0.531. The van der Waals surface area contributed by atoms with Crippen LogP contribution in [0.5, 0.6) is 0 Å². The maximum Gasteiger partial charge on any atom is 0.407 e. The van der Waals surface area contributed by atoms with E-state index >= 15 is 0 Å². The molecule has 3 rings (SSSR count). The number of hydrogen-bond acceptors (Lipinski definition) is 7. The summed E-state index contributed by atoms with van der Waals surface area (Å²) in [4.78, 5) is 53.3. The Morgan fingerprint density at radius 1 is 1.02 bits per heavy atom. The minimum absolute atomic E-state index is 0.000919. The number of nitrogens with zero attached hydrogens (tertiary/aromatic N) is 1. The van der Waals surface area contributed by atoms with E-state index in [2.05, 4.69) is 10.3 Å². The smallest absolute Gasteiger partial charge is 0.407 e. The number of rotatable bonds is 11. The largest absolute Gasteiger partial charge is 0.481 e. The van der Waals surface area contributed by atoms with Gasteiger partial charge in [-0.15, -0.1) is 0 Å². The lowest BCUT2D eigenvalue weighted by Crippen LogP contribution is -2.36. The van der Waals surface area contributed by atoms with Gasteiger partial charge < -0.3 is 19.9 Å². The van der Waals surface area contributed by atoms with Crippen LogP contribution in [-0.2, 0) is 25.5 Å². The van der Waals surface area contributed by atoms with Gasteiger partial charge in [0.05, 0.1) is 12.5 Å². The number of carboxylic acid groups (broad SMARTS) is 1. The van der Waals surface area contributed by atoms with Crippen molar-refractivity contribution >= 4 is 23.8 Å². The molecule has 9 heteroatoms. The van der Waals surface area contributed by atoms with Gasteiger partial charge in [0.15, 0.2) is 0 Å². The predicted molar refractivity (Wildman–Crippen MR) is 155 cm³/mol. The molecule has 0 radical (unpaired) electrons. The zero-order valence-corrected chi connectivity index (χ0v) is 24.7. The van der Waals surface area contributed by atoms with Crippen molar-refractivity contribution in [2.24, 2.45) is 17.8 Å². The SMILES string of the molecule is CCOC(=O)c1ccc(-c2ccc(C[C@H](CC(=O)C3CCC(CNC(=O)OC(C)(C)C)CC3)C(=O)O)cc2)c(C)n1. The van der Waals surface area contributed by atoms with E-state index in [0.29, 0.717) is 25.1 Å². The van der Waals surface area contributed by atoms with Crippen LogP contribution in [0.2, 0.25) is 0 Å². The Labute approximate surface area is 242 Å². The van der Waals surface area contributed by atoms with E-state index in [-0.39, 0.29) is 42.8 Å². The number of Topliss-reactive ketones (excluding diaryl/α,β-unsaturated/α-hetero) is 1. The highest BCUT2D eigenvalue weighted by atomic mass is 16.6. The summed E-state index contributed by atoms with van der Waals surface area (Å²) in [5.74, 6) is -2.11. The number of benzene rings is 1. The van der Waals surface area contributed by atoms with Gasteiger partial charge >= 0.3 is 18.0 Å². The molecule has 1 amide bonds. The Bertz CT molecular complexity index is 1230. The molecule has 1 fully saturated rings. The molecule has 0 unspecified atom stereocenters. The number of aliphatic carboxylic acids is 1. The van der Waals surface area contributed by atoms with Crippen LogP contribution < -0.4 is 5.32 Å². The van der Waals surface area contributed by atoms with Gasteiger partial charge in [-0.2, -0.15) is 0 Å². The topological polar surface area (TPSA) is 132 Å². The zero-order chi connectivity index (χ0) is 30.2. The predicted octanol–water partition coefficient (Wildman–Crippen LogP) is 5.77. The molecule has 0 saturated heterocycles. The van der Waals surface area contributed by atoms with E-state index in [1.165, 1.54) is 0 Å². The summed E-state index contributed by atoms with van der Waals surface area (Å²) in [5, 5.41) is 12.7. The minimum Gasteiger partial charge on any atom is -0.481 e. The van der Waals surface area contributed by atoms with Gasteiger partial charge in [0.1, 0.15) is 17.1 Å². The summed E-state index contributed by atoms with van der Waals surface area (Å²) in [6, 6.07) is 11.0. The van der Waals surface area contributed by atoms with Gasteiger partial charge in [0.25, 0.3) is 0 Å². The lowest BCUT2D eigenvalue weighted by atomic mass is 9.77. The average Bonchev–Trinajstić information content (AvgIpc) is 2.91. The maximum absolute atomic E-state index is 13.0. The quantitative estimate of drug-likeness (QED) is 0.328. The monoisotopic (exact) mass is 566 g/mol. The number of alkyl carbamates (subject to hydrolysis) is 1. The van der Waals surface area contributed by atoms with Gasteiger partial charge in [-0.3, -0.25) is 9.59 Å². The third kappa shape index (κ3) is 9.69. The zero-order valence-electron chi connectivity index (χ0n) is 24.7. The molecule has 0 bridgehead atoms. The number of carboxylic acids is 1. The first kappa shape index (κ1) is 31.8. The Kier molecular flexibility index (Phi) is 11.0. The number of aromatic nitrogens is 1. The molecule has 1 aromatic heterocycles. The molecule has 1 heterocycles. The Morgan fingerprint density at radius 2 is 1.68 bits per heavy atom. The molecule has 0 aliphatic heterocycles. The lowest BCUT2D eigenvalue weighted by Gasteiger charge is -2.29. The summed E-state index contributed by atoms with van der Waals surface area (Å²) in [5.41, 5.74) is 2.99. The average molecular weight is 567 g/mol. The summed E-state index contributed by atoms with van der Waals surface area (Å²) in [6.45, 7) is 9.80. The van der Waals surface area contributed by atoms with Crippen molar-refractivity contribution in [2.75, 3.05) is 13.2 Å². The summed E-state index contributed by atoms with van der Waals surface area (Å²) < 4.78 is 10.3. The molecule has 9 nitrogen and oxygen atoms in total. The van der Waals surface area contributed by atoms with Crippen molar-refractivity contribution < 1.29 is 33.8 Å². The molecule has 1 aliphatic rings. The Hall–Kier alpha value is -3.75. The number of esters is 1. The first-order valence-electron chi connectivity index (χ1n) is 14.3. The first-order chi connectivity index (χ1) is 19.4. The van der Waals surface area contributed by atoms with Crippen molar-refractivity contribution in [3.63, 3.8) is 0 Å². The van der Waals surface area contributed by atoms with Crippen LogP contribution in [0.1, 0.15) is 81.5 Å². The molecular formula is C32H42N2O7. The minimum atomic E-state index is -0.979. The fourth-order valence-electron chi connectivity index (χ4n) is 5.18. The molecule has 1 aromatic carbocycles. The van der Waals surface area contributed by atoms with E-state index in [1.807, 2.05) is 58.0 Å². The highest BCUT2D eigenvalue weighted by Gasteiger charge is 2.30. The fourth-order valence-corrected chi connectivity index (χ4v) is 5.18. The number of nitrogens with one attached hydrogen (secondary N) is 1. The van der Waals surface area contributed by atoms with Crippen molar-refractivity contribution in [2.45, 2.75) is 78.7 Å². The second kappa shape index (κ2) is 14.2. The van der Waals surface area contributed by atoms with Crippen LogP contribution in [0.4, 0.5) is 4.79 Å². The number of hydrogen-bond donors (Lipinski definition) is 2. The summed E-state index contributed by atoms with van der Waals surface area (Å²) in [7, 11) is 0. The lowest BCUT2D eigenvalue weighted by molar-refractivity contribution is -0.144. The van der Waals surface area contributed by atoms with Crippen molar-refractivity contribution in [1.82, 2.24) is 10.3 Å². The molecule has 1 saturated carbocycles. The van der Waals surface area contributed by atoms with E-state index in [1.54, 1.807) is 13.0 Å². The molecule has 1 aliphatic carbocycles. The van der Waals surface area contributed by atoms with Crippen LogP contribution in [0.15, 0.2) is 36.4 Å². The number of aryl methyl sites for hydroxylation is 1. The standard InChI is InChI=1S/C32H42N2O7/c1-6-40-30(38)27-16-15-26(20(2)34-27)23-11-7-21(8-12-23)17-25(29(36)37)18-28(35)24-13-9-22(10-14-24)19-33-31(39)41-32(3,4)5/h7-8,11-12,15-16,22,24-25H,6,9-10,13-14,17-19H2,1-5H3,(H,33,39)(H,36,37)/t22?,24?,25-/m1/s1. The van der Waals surface area contributed by atoms with Crippen LogP contribution in [-0.4, -0.2) is 52.7 Å². The number of carbonyl (C=O) groups excluding carboxylic acids is 3. The Morgan fingerprint density at radius 3 is 2.24 bits per heavy atom. The van der Waals surface area contributed by atoms with Crippen molar-refractivity contribution in [1.29, 1.82) is 0 Å². The second-order valence-electron chi connectivity index (χ2n) is 11.8. The molecular weight excluding hydrogens is 524 g/mol. The van der Waals surface area contributed by atoms with Gasteiger partial charge in [-0.25, -0.2) is 14.6 Å². The molecule has 0 spiro atoms. The highest BCUT2D eigenvalue weighted by molar-refractivity contribution is 5.88. The van der Waals surface area contributed by atoms with Crippen molar-refractivity contribution in [3.05, 3.63) is 53.3 Å².